The number of nitrogens with zero attached hydrogens (tertiary/aromatic N) is 3. The molecule has 2 atom stereocenters. The number of alkyl halides is 3. The van der Waals surface area contributed by atoms with E-state index in [9.17, 15) is 22.8 Å². The summed E-state index contributed by atoms with van der Waals surface area (Å²) in [4.78, 5) is 32.7. The van der Waals surface area contributed by atoms with E-state index in [-0.39, 0.29) is 29.5 Å². The highest BCUT2D eigenvalue weighted by Crippen LogP contribution is 2.31. The molecule has 0 aromatic heterocycles. The van der Waals surface area contributed by atoms with Crippen LogP contribution >= 0.6 is 0 Å². The second-order valence-corrected chi connectivity index (χ2v) is 10.5. The largest absolute Gasteiger partial charge is 0.457 e. The minimum absolute atomic E-state index is 0.0721. The van der Waals surface area contributed by atoms with Crippen molar-refractivity contribution in [3.05, 3.63) is 95.1 Å². The van der Waals surface area contributed by atoms with Crippen molar-refractivity contribution in [1.82, 2.24) is 14.7 Å². The molecule has 2 unspecified atom stereocenters. The molecule has 0 aliphatic carbocycles. The number of rotatable bonds is 5. The van der Waals surface area contributed by atoms with E-state index < -0.39 is 11.7 Å². The molecule has 0 radical (unpaired) electrons. The smallest absolute Gasteiger partial charge is 0.416 e. The molecule has 9 heteroatoms. The first-order valence-corrected chi connectivity index (χ1v) is 13.4. The zero-order valence-corrected chi connectivity index (χ0v) is 22.5. The molecule has 2 fully saturated rings. The lowest BCUT2D eigenvalue weighted by Crippen LogP contribution is -2.63. The molecule has 3 aromatic carbocycles. The summed E-state index contributed by atoms with van der Waals surface area (Å²) in [6, 6.07) is 19.2. The van der Waals surface area contributed by atoms with E-state index in [0.717, 1.165) is 36.3 Å². The van der Waals surface area contributed by atoms with Gasteiger partial charge in [0.1, 0.15) is 11.5 Å². The zero-order chi connectivity index (χ0) is 28.4. The topological polar surface area (TPSA) is 53.1 Å². The van der Waals surface area contributed by atoms with Gasteiger partial charge in [0, 0.05) is 50.9 Å². The van der Waals surface area contributed by atoms with Crippen LogP contribution in [-0.2, 0) is 11.0 Å². The Morgan fingerprint density at radius 2 is 1.35 bits per heavy atom. The molecule has 0 bridgehead atoms. The molecular weight excluding hydrogens is 519 g/mol. The van der Waals surface area contributed by atoms with Crippen molar-refractivity contribution in [1.29, 1.82) is 0 Å². The lowest BCUT2D eigenvalue weighted by molar-refractivity contribution is -0.138. The van der Waals surface area contributed by atoms with E-state index in [2.05, 4.69) is 4.90 Å². The molecule has 40 heavy (non-hydrogen) atoms. The van der Waals surface area contributed by atoms with Crippen LogP contribution in [0.1, 0.15) is 39.9 Å². The number of amides is 2. The Morgan fingerprint density at radius 1 is 0.800 bits per heavy atom. The molecule has 0 N–H and O–H groups in total. The van der Waals surface area contributed by atoms with Crippen LogP contribution in [0.15, 0.2) is 72.8 Å². The van der Waals surface area contributed by atoms with Gasteiger partial charge in [-0.1, -0.05) is 29.8 Å². The Kier molecular flexibility index (Phi) is 7.85. The number of hydrogen-bond acceptors (Lipinski definition) is 4. The van der Waals surface area contributed by atoms with Crippen LogP contribution < -0.4 is 4.74 Å². The number of piperazine rings is 2. The molecule has 6 nitrogen and oxygen atoms in total. The zero-order valence-electron chi connectivity index (χ0n) is 22.5. The Bertz CT molecular complexity index is 1340. The molecule has 2 aliphatic heterocycles. The van der Waals surface area contributed by atoms with Gasteiger partial charge in [0.15, 0.2) is 0 Å². The van der Waals surface area contributed by atoms with E-state index in [0.29, 0.717) is 37.5 Å². The number of carbonyl (C=O) groups excluding carboxylic acids is 2. The molecule has 3 aromatic rings. The summed E-state index contributed by atoms with van der Waals surface area (Å²) in [5, 5.41) is 0. The second kappa shape index (κ2) is 11.3. The van der Waals surface area contributed by atoms with Gasteiger partial charge in [-0.2, -0.15) is 13.2 Å². The first-order valence-electron chi connectivity index (χ1n) is 13.4. The number of hydrogen-bond donors (Lipinski definition) is 0. The molecular formula is C31H32F3N3O3. The van der Waals surface area contributed by atoms with Crippen LogP contribution in [0.3, 0.4) is 0 Å². The monoisotopic (exact) mass is 551 g/mol. The van der Waals surface area contributed by atoms with Gasteiger partial charge in [-0.15, -0.1) is 0 Å². The summed E-state index contributed by atoms with van der Waals surface area (Å²) in [5.74, 6) is 0.478. The molecule has 5 rings (SSSR count). The normalized spacial score (nSPS) is 18.7. The summed E-state index contributed by atoms with van der Waals surface area (Å²) in [5.41, 5.74) is 1.92. The first-order chi connectivity index (χ1) is 19.1. The van der Waals surface area contributed by atoms with Gasteiger partial charge in [-0.25, -0.2) is 0 Å². The van der Waals surface area contributed by atoms with Gasteiger partial charge in [-0.05, 0) is 67.9 Å². The minimum Gasteiger partial charge on any atom is -0.457 e. The fraction of sp³-hybridized carbons (Fsp3) is 0.355. The highest BCUT2D eigenvalue weighted by molar-refractivity contribution is 5.94. The molecule has 2 saturated heterocycles. The molecule has 0 saturated carbocycles. The number of halogens is 3. The van der Waals surface area contributed by atoms with Gasteiger partial charge < -0.3 is 14.5 Å². The number of carbonyl (C=O) groups is 2. The van der Waals surface area contributed by atoms with Crippen LogP contribution in [0.2, 0.25) is 0 Å². The summed E-state index contributed by atoms with van der Waals surface area (Å²) < 4.78 is 44.0. The minimum atomic E-state index is -4.41. The lowest BCUT2D eigenvalue weighted by Gasteiger charge is -2.47. The fourth-order valence-corrected chi connectivity index (χ4v) is 5.31. The van der Waals surface area contributed by atoms with Crippen molar-refractivity contribution in [2.75, 3.05) is 39.3 Å². The molecule has 2 amide bonds. The fourth-order valence-electron chi connectivity index (χ4n) is 5.31. The average molecular weight is 552 g/mol. The Balaban J connectivity index is 1.18. The van der Waals surface area contributed by atoms with Gasteiger partial charge in [0.2, 0.25) is 5.91 Å². The highest BCUT2D eigenvalue weighted by atomic mass is 19.4. The van der Waals surface area contributed by atoms with E-state index in [4.69, 9.17) is 4.74 Å². The van der Waals surface area contributed by atoms with Gasteiger partial charge in [0.05, 0.1) is 11.5 Å². The number of aryl methyl sites for hydroxylation is 1. The maximum atomic E-state index is 13.3. The van der Waals surface area contributed by atoms with E-state index in [1.54, 1.807) is 24.3 Å². The van der Waals surface area contributed by atoms with Crippen molar-refractivity contribution in [2.45, 2.75) is 32.0 Å². The maximum Gasteiger partial charge on any atom is 0.416 e. The number of ether oxygens (including phenoxy) is 1. The van der Waals surface area contributed by atoms with Gasteiger partial charge >= 0.3 is 6.18 Å². The van der Waals surface area contributed by atoms with Crippen LogP contribution in [0, 0.1) is 6.92 Å². The summed E-state index contributed by atoms with van der Waals surface area (Å²) >= 11 is 0. The van der Waals surface area contributed by atoms with Gasteiger partial charge in [0.25, 0.3) is 5.91 Å². The second-order valence-electron chi connectivity index (χ2n) is 10.5. The first kappa shape index (κ1) is 27.7. The standard InChI is InChI=1S/C31H32F3N3O3/c1-21-3-5-23(6-4-21)22(2)29(38)36-17-15-35-16-18-37(20-26(35)19-36)30(39)24-7-11-27(12-8-24)40-28-13-9-25(10-14-28)31(32,33)34/h3-14,22,26H,15-20H2,1-2H3. The Hall–Kier alpha value is -3.85. The highest BCUT2D eigenvalue weighted by Gasteiger charge is 2.36. The number of benzene rings is 3. The predicted octanol–water partition coefficient (Wildman–Crippen LogP) is 5.58. The Labute approximate surface area is 231 Å². The van der Waals surface area contributed by atoms with Crippen molar-refractivity contribution in [3.8, 4) is 11.5 Å². The van der Waals surface area contributed by atoms with Gasteiger partial charge in [-0.3, -0.25) is 14.5 Å². The maximum absolute atomic E-state index is 13.3. The van der Waals surface area contributed by atoms with Crippen LogP contribution in [0.25, 0.3) is 0 Å². The van der Waals surface area contributed by atoms with Crippen molar-refractivity contribution >= 4 is 11.8 Å². The van der Waals surface area contributed by atoms with Crippen LogP contribution in [0.5, 0.6) is 11.5 Å². The summed E-state index contributed by atoms with van der Waals surface area (Å²) in [7, 11) is 0. The van der Waals surface area contributed by atoms with Crippen LogP contribution in [-0.4, -0.2) is 71.8 Å². The molecule has 2 heterocycles. The molecule has 210 valence electrons. The van der Waals surface area contributed by atoms with Crippen molar-refractivity contribution in [2.24, 2.45) is 0 Å². The molecule has 0 spiro atoms. The SMILES string of the molecule is Cc1ccc(C(C)C(=O)N2CCN3CCN(C(=O)c4ccc(Oc5ccc(C(F)(F)F)cc5)cc4)CC3C2)cc1. The van der Waals surface area contributed by atoms with E-state index in [1.165, 1.54) is 12.1 Å². The third-order valence-electron chi connectivity index (χ3n) is 7.76. The number of fused-ring (bicyclic) bond motifs is 1. The van der Waals surface area contributed by atoms with E-state index >= 15 is 0 Å². The third-order valence-corrected chi connectivity index (χ3v) is 7.76. The van der Waals surface area contributed by atoms with Crippen molar-refractivity contribution in [3.63, 3.8) is 0 Å². The van der Waals surface area contributed by atoms with E-state index in [1.807, 2.05) is 47.9 Å². The Morgan fingerprint density at radius 3 is 1.95 bits per heavy atom. The quantitative estimate of drug-likeness (QED) is 0.416. The van der Waals surface area contributed by atoms with Crippen LogP contribution in [0.4, 0.5) is 13.2 Å². The predicted molar refractivity (Wildman–Crippen MR) is 145 cm³/mol. The van der Waals surface area contributed by atoms with Crippen molar-refractivity contribution < 1.29 is 27.5 Å². The average Bonchev–Trinajstić information content (AvgIpc) is 2.96. The lowest BCUT2D eigenvalue weighted by atomic mass is 9.97. The summed E-state index contributed by atoms with van der Waals surface area (Å²) in [6.07, 6.45) is -4.41. The third kappa shape index (κ3) is 6.14. The molecule has 2 aliphatic rings. The summed E-state index contributed by atoms with van der Waals surface area (Å²) in [6.45, 7) is 7.91.